The number of hydrogen-bond donors (Lipinski definition) is 1. The Kier molecular flexibility index (Phi) is 7.97. The molecule has 2 fully saturated rings. The SMILES string of the molecule is CCN1CCN(C2=CC(OC3CCC(Nc4ccc([N+](=O)[O-])c(C(F)(F)F)c4)CC3)=CCN2C)CC1. The molecular formula is C25H34F3N5O3. The number of alkyl halides is 3. The van der Waals surface area contributed by atoms with Crippen LogP contribution in [-0.4, -0.2) is 78.1 Å². The molecule has 0 atom stereocenters. The lowest BCUT2D eigenvalue weighted by molar-refractivity contribution is -0.388. The Balaban J connectivity index is 1.31. The van der Waals surface area contributed by atoms with E-state index in [2.05, 4.69) is 46.1 Å². The summed E-state index contributed by atoms with van der Waals surface area (Å²) >= 11 is 0. The van der Waals surface area contributed by atoms with Crippen molar-refractivity contribution in [2.45, 2.75) is 50.9 Å². The van der Waals surface area contributed by atoms with E-state index < -0.39 is 22.4 Å². The summed E-state index contributed by atoms with van der Waals surface area (Å²) in [6, 6.07) is 3.07. The van der Waals surface area contributed by atoms with Crippen LogP contribution in [0.5, 0.6) is 0 Å². The number of piperazine rings is 1. The van der Waals surface area contributed by atoms with E-state index in [1.165, 1.54) is 11.9 Å². The van der Waals surface area contributed by atoms with Crippen molar-refractivity contribution in [3.63, 3.8) is 0 Å². The normalized spacial score (nSPS) is 23.7. The molecule has 1 aromatic carbocycles. The third-order valence-electron chi connectivity index (χ3n) is 7.22. The second-order valence-corrected chi connectivity index (χ2v) is 9.63. The number of nitrogens with zero attached hydrogens (tertiary/aromatic N) is 4. The first-order chi connectivity index (χ1) is 17.1. The van der Waals surface area contributed by atoms with Gasteiger partial charge in [0.05, 0.1) is 11.0 Å². The van der Waals surface area contributed by atoms with Gasteiger partial charge >= 0.3 is 6.18 Å². The molecule has 4 rings (SSSR count). The molecule has 0 bridgehead atoms. The lowest BCUT2D eigenvalue weighted by atomic mass is 9.92. The van der Waals surface area contributed by atoms with E-state index in [0.29, 0.717) is 0 Å². The number of anilines is 1. The van der Waals surface area contributed by atoms with Crippen molar-refractivity contribution in [1.29, 1.82) is 0 Å². The zero-order valence-electron chi connectivity index (χ0n) is 20.8. The van der Waals surface area contributed by atoms with Crippen molar-refractivity contribution in [3.8, 4) is 0 Å². The maximum Gasteiger partial charge on any atom is 0.423 e. The number of ether oxygens (including phenoxy) is 1. The van der Waals surface area contributed by atoms with Gasteiger partial charge in [0.2, 0.25) is 0 Å². The third-order valence-corrected chi connectivity index (χ3v) is 7.22. The summed E-state index contributed by atoms with van der Waals surface area (Å²) < 4.78 is 46.2. The van der Waals surface area contributed by atoms with E-state index in [0.717, 1.165) is 82.8 Å². The molecule has 1 saturated heterocycles. The van der Waals surface area contributed by atoms with E-state index in [1.807, 2.05) is 0 Å². The number of hydrogen-bond acceptors (Lipinski definition) is 7. The fourth-order valence-corrected chi connectivity index (χ4v) is 5.09. The van der Waals surface area contributed by atoms with Crippen molar-refractivity contribution < 1.29 is 22.8 Å². The fourth-order valence-electron chi connectivity index (χ4n) is 5.09. The van der Waals surface area contributed by atoms with Gasteiger partial charge in [-0.1, -0.05) is 6.92 Å². The van der Waals surface area contributed by atoms with E-state index in [4.69, 9.17) is 4.74 Å². The number of halogens is 3. The van der Waals surface area contributed by atoms with Gasteiger partial charge in [-0.05, 0) is 50.4 Å². The molecule has 11 heteroatoms. The van der Waals surface area contributed by atoms with Crippen molar-refractivity contribution in [1.82, 2.24) is 14.7 Å². The molecule has 1 aromatic rings. The quantitative estimate of drug-likeness (QED) is 0.423. The highest BCUT2D eigenvalue weighted by atomic mass is 19.4. The minimum atomic E-state index is -4.79. The Hall–Kier alpha value is -2.95. The molecule has 2 heterocycles. The first-order valence-electron chi connectivity index (χ1n) is 12.5. The number of rotatable bonds is 7. The zero-order valence-corrected chi connectivity index (χ0v) is 20.8. The first-order valence-corrected chi connectivity index (χ1v) is 12.5. The van der Waals surface area contributed by atoms with Crippen LogP contribution < -0.4 is 5.32 Å². The molecule has 8 nitrogen and oxygen atoms in total. The summed E-state index contributed by atoms with van der Waals surface area (Å²) in [5.41, 5.74) is -1.93. The maximum atomic E-state index is 13.3. The van der Waals surface area contributed by atoms with Gasteiger partial charge in [0.25, 0.3) is 5.69 Å². The molecule has 0 aromatic heterocycles. The Bertz CT molecular complexity index is 997. The van der Waals surface area contributed by atoms with Crippen LogP contribution in [0.25, 0.3) is 0 Å². The Morgan fingerprint density at radius 1 is 1.14 bits per heavy atom. The van der Waals surface area contributed by atoms with Crippen LogP contribution in [0.15, 0.2) is 41.9 Å². The topological polar surface area (TPSA) is 74.1 Å². The molecule has 1 aliphatic carbocycles. The Morgan fingerprint density at radius 2 is 1.83 bits per heavy atom. The van der Waals surface area contributed by atoms with E-state index in [9.17, 15) is 23.3 Å². The van der Waals surface area contributed by atoms with Gasteiger partial charge in [-0.3, -0.25) is 10.1 Å². The molecule has 36 heavy (non-hydrogen) atoms. The average molecular weight is 510 g/mol. The monoisotopic (exact) mass is 509 g/mol. The Labute approximate surface area is 209 Å². The van der Waals surface area contributed by atoms with Crippen molar-refractivity contribution in [3.05, 3.63) is 57.6 Å². The smallest absolute Gasteiger partial charge is 0.423 e. The molecule has 1 saturated carbocycles. The number of nitrogens with one attached hydrogen (secondary N) is 1. The first kappa shape index (κ1) is 26.1. The standard InChI is InChI=1S/C25H34F3N5O3/c1-3-31-12-14-32(15-13-31)24-17-21(10-11-30(24)2)36-20-7-4-18(5-8-20)29-19-6-9-23(33(34)35)22(16-19)25(26,27)28/h6,9-10,16-18,20,29H,3-5,7-8,11-15H2,1-2H3. The summed E-state index contributed by atoms with van der Waals surface area (Å²) in [5, 5.41) is 14.1. The van der Waals surface area contributed by atoms with Crippen molar-refractivity contribution in [2.75, 3.05) is 51.6 Å². The second kappa shape index (κ2) is 11.0. The Morgan fingerprint density at radius 3 is 2.44 bits per heavy atom. The number of allylic oxidation sites excluding steroid dienone is 1. The summed E-state index contributed by atoms with van der Waals surface area (Å²) in [6.45, 7) is 8.14. The van der Waals surface area contributed by atoms with Gasteiger partial charge in [-0.2, -0.15) is 13.2 Å². The molecule has 0 amide bonds. The molecule has 2 aliphatic heterocycles. The van der Waals surface area contributed by atoms with Gasteiger partial charge in [0.1, 0.15) is 17.1 Å². The number of nitro groups is 1. The molecule has 3 aliphatic rings. The van der Waals surface area contributed by atoms with E-state index in [1.54, 1.807) is 0 Å². The van der Waals surface area contributed by atoms with Gasteiger partial charge in [-0.25, -0.2) is 0 Å². The van der Waals surface area contributed by atoms with Crippen LogP contribution in [0, 0.1) is 10.1 Å². The molecule has 198 valence electrons. The van der Waals surface area contributed by atoms with Crippen LogP contribution in [0.4, 0.5) is 24.5 Å². The summed E-state index contributed by atoms with van der Waals surface area (Å²) in [6.07, 6.45) is 2.51. The van der Waals surface area contributed by atoms with Gasteiger partial charge in [0, 0.05) is 63.6 Å². The number of benzene rings is 1. The highest BCUT2D eigenvalue weighted by Gasteiger charge is 2.38. The van der Waals surface area contributed by atoms with Crippen LogP contribution in [0.1, 0.15) is 38.2 Å². The molecule has 1 N–H and O–H groups in total. The predicted octanol–water partition coefficient (Wildman–Crippen LogP) is 4.66. The highest BCUT2D eigenvalue weighted by Crippen LogP contribution is 2.38. The van der Waals surface area contributed by atoms with Crippen LogP contribution in [-0.2, 0) is 10.9 Å². The minimum Gasteiger partial charge on any atom is -0.491 e. The fraction of sp³-hybridized carbons (Fsp3) is 0.600. The van der Waals surface area contributed by atoms with Crippen LogP contribution in [0.2, 0.25) is 0 Å². The van der Waals surface area contributed by atoms with E-state index in [-0.39, 0.29) is 17.8 Å². The summed E-state index contributed by atoms with van der Waals surface area (Å²) in [5.74, 6) is 2.06. The molecule has 0 radical (unpaired) electrons. The zero-order chi connectivity index (χ0) is 25.9. The molecule has 0 spiro atoms. The largest absolute Gasteiger partial charge is 0.491 e. The predicted molar refractivity (Wildman–Crippen MR) is 131 cm³/mol. The summed E-state index contributed by atoms with van der Waals surface area (Å²) in [7, 11) is 2.09. The van der Waals surface area contributed by atoms with Gasteiger partial charge < -0.3 is 24.8 Å². The van der Waals surface area contributed by atoms with Crippen LogP contribution in [0.3, 0.4) is 0 Å². The second-order valence-electron chi connectivity index (χ2n) is 9.63. The van der Waals surface area contributed by atoms with E-state index >= 15 is 0 Å². The van der Waals surface area contributed by atoms with Crippen LogP contribution >= 0.6 is 0 Å². The number of likely N-dealkylation sites (N-methyl/N-ethyl adjacent to an activating group) is 2. The summed E-state index contributed by atoms with van der Waals surface area (Å²) in [4.78, 5) is 17.1. The van der Waals surface area contributed by atoms with Crippen molar-refractivity contribution >= 4 is 11.4 Å². The van der Waals surface area contributed by atoms with Gasteiger partial charge in [-0.15, -0.1) is 0 Å². The minimum absolute atomic E-state index is 0.0141. The lowest BCUT2D eigenvalue weighted by Crippen LogP contribution is -2.48. The third kappa shape index (κ3) is 6.24. The van der Waals surface area contributed by atoms with Crippen molar-refractivity contribution in [2.24, 2.45) is 0 Å². The maximum absolute atomic E-state index is 13.3. The highest BCUT2D eigenvalue weighted by molar-refractivity contribution is 5.55. The average Bonchev–Trinajstić information content (AvgIpc) is 2.86. The van der Waals surface area contributed by atoms with Gasteiger partial charge in [0.15, 0.2) is 0 Å². The molecular weight excluding hydrogens is 475 g/mol. The lowest BCUT2D eigenvalue weighted by Gasteiger charge is -2.41. The number of nitro benzene ring substituents is 1. The molecule has 0 unspecified atom stereocenters.